The summed E-state index contributed by atoms with van der Waals surface area (Å²) in [6.07, 6.45) is 7.33. The van der Waals surface area contributed by atoms with Gasteiger partial charge >= 0.3 is 0 Å². The molecule has 0 aromatic carbocycles. The van der Waals surface area contributed by atoms with Crippen molar-refractivity contribution >= 4 is 15.9 Å². The molecular formula is C15H28N2O3S. The van der Waals surface area contributed by atoms with Crippen LogP contribution in [-0.2, 0) is 14.8 Å². The zero-order valence-corrected chi connectivity index (χ0v) is 14.2. The Morgan fingerprint density at radius 2 is 1.76 bits per heavy atom. The first-order chi connectivity index (χ1) is 9.79. The van der Waals surface area contributed by atoms with Crippen LogP contribution in [0.4, 0.5) is 0 Å². The van der Waals surface area contributed by atoms with E-state index in [4.69, 9.17) is 0 Å². The number of amides is 1. The van der Waals surface area contributed by atoms with Gasteiger partial charge in [-0.1, -0.05) is 6.92 Å². The lowest BCUT2D eigenvalue weighted by molar-refractivity contribution is -0.138. The summed E-state index contributed by atoms with van der Waals surface area (Å²) in [5.41, 5.74) is 0. The smallest absolute Gasteiger partial charge is 0.227 e. The maximum atomic E-state index is 12.7. The van der Waals surface area contributed by atoms with Crippen molar-refractivity contribution in [2.45, 2.75) is 51.5 Å². The highest BCUT2D eigenvalue weighted by Crippen LogP contribution is 2.28. The third kappa shape index (κ3) is 4.19. The Labute approximate surface area is 128 Å². The van der Waals surface area contributed by atoms with E-state index < -0.39 is 10.0 Å². The summed E-state index contributed by atoms with van der Waals surface area (Å²) >= 11 is 0. The van der Waals surface area contributed by atoms with E-state index >= 15 is 0 Å². The summed E-state index contributed by atoms with van der Waals surface area (Å²) < 4.78 is 24.8. The molecule has 21 heavy (non-hydrogen) atoms. The minimum absolute atomic E-state index is 0.128. The van der Waals surface area contributed by atoms with Gasteiger partial charge in [0.2, 0.25) is 15.9 Å². The van der Waals surface area contributed by atoms with E-state index in [-0.39, 0.29) is 11.8 Å². The summed E-state index contributed by atoms with van der Waals surface area (Å²) in [5.74, 6) is 0.723. The van der Waals surface area contributed by atoms with Crippen LogP contribution in [0, 0.1) is 11.8 Å². The molecule has 1 amide bonds. The van der Waals surface area contributed by atoms with Gasteiger partial charge in [-0.3, -0.25) is 4.79 Å². The van der Waals surface area contributed by atoms with Gasteiger partial charge < -0.3 is 4.90 Å². The molecule has 0 radical (unpaired) electrons. The van der Waals surface area contributed by atoms with Gasteiger partial charge in [0, 0.05) is 26.2 Å². The lowest BCUT2D eigenvalue weighted by Crippen LogP contribution is -2.48. The highest BCUT2D eigenvalue weighted by molar-refractivity contribution is 7.88. The quantitative estimate of drug-likeness (QED) is 0.796. The number of carbonyl (C=O) groups is 1. The summed E-state index contributed by atoms with van der Waals surface area (Å²) in [7, 11) is -1.30. The molecule has 2 rings (SSSR count). The molecule has 0 bridgehead atoms. The third-order valence-electron chi connectivity index (χ3n) is 5.08. The Hall–Kier alpha value is -0.620. The van der Waals surface area contributed by atoms with Crippen molar-refractivity contribution in [2.24, 2.45) is 11.8 Å². The largest absolute Gasteiger partial charge is 0.342 e. The van der Waals surface area contributed by atoms with Crippen LogP contribution in [0.1, 0.15) is 45.4 Å². The standard InChI is InChI=1S/C15H28N2O3S/c1-12-6-8-14(9-7-12)16(2)15(18)13-5-4-10-17(11-13)21(3,19)20/h12-14H,4-11H2,1-3H3. The first-order valence-corrected chi connectivity index (χ1v) is 9.85. The van der Waals surface area contributed by atoms with Crippen LogP contribution in [0.2, 0.25) is 0 Å². The Balaban J connectivity index is 1.95. The molecule has 0 aromatic rings. The summed E-state index contributed by atoms with van der Waals surface area (Å²) in [5, 5.41) is 0. The molecule has 1 aliphatic heterocycles. The normalized spacial score (nSPS) is 31.9. The molecule has 1 aliphatic carbocycles. The maximum absolute atomic E-state index is 12.7. The van der Waals surface area contributed by atoms with Crippen molar-refractivity contribution in [3.63, 3.8) is 0 Å². The first-order valence-electron chi connectivity index (χ1n) is 8.01. The number of hydrogen-bond donors (Lipinski definition) is 0. The van der Waals surface area contributed by atoms with Gasteiger partial charge in [0.1, 0.15) is 0 Å². The van der Waals surface area contributed by atoms with Crippen molar-refractivity contribution in [3.8, 4) is 0 Å². The number of sulfonamides is 1. The van der Waals surface area contributed by atoms with Crippen molar-refractivity contribution in [2.75, 3.05) is 26.4 Å². The highest BCUT2D eigenvalue weighted by Gasteiger charge is 2.34. The number of hydrogen-bond acceptors (Lipinski definition) is 3. The van der Waals surface area contributed by atoms with Gasteiger partial charge in [-0.05, 0) is 44.4 Å². The van der Waals surface area contributed by atoms with E-state index in [0.717, 1.165) is 31.6 Å². The summed E-state index contributed by atoms with van der Waals surface area (Å²) in [6, 6.07) is 0.335. The van der Waals surface area contributed by atoms with E-state index in [1.807, 2.05) is 11.9 Å². The van der Waals surface area contributed by atoms with E-state index in [1.165, 1.54) is 23.4 Å². The summed E-state index contributed by atoms with van der Waals surface area (Å²) in [4.78, 5) is 14.5. The van der Waals surface area contributed by atoms with Crippen LogP contribution in [0.15, 0.2) is 0 Å². The Bertz CT molecular complexity index is 469. The second-order valence-electron chi connectivity index (χ2n) is 6.82. The topological polar surface area (TPSA) is 57.7 Å². The number of piperidine rings is 1. The molecule has 1 atom stereocenters. The monoisotopic (exact) mass is 316 g/mol. The van der Waals surface area contributed by atoms with Gasteiger partial charge in [0.25, 0.3) is 0 Å². The lowest BCUT2D eigenvalue weighted by atomic mass is 9.86. The van der Waals surface area contributed by atoms with Crippen LogP contribution in [0.3, 0.4) is 0 Å². The zero-order valence-electron chi connectivity index (χ0n) is 13.4. The van der Waals surface area contributed by atoms with E-state index in [9.17, 15) is 13.2 Å². The van der Waals surface area contributed by atoms with Crippen LogP contribution >= 0.6 is 0 Å². The first kappa shape index (κ1) is 16.7. The Kier molecular flexibility index (Phi) is 5.30. The van der Waals surface area contributed by atoms with Crippen molar-refractivity contribution < 1.29 is 13.2 Å². The fourth-order valence-corrected chi connectivity index (χ4v) is 4.45. The zero-order chi connectivity index (χ0) is 15.6. The van der Waals surface area contributed by atoms with E-state index in [1.54, 1.807) is 0 Å². The molecule has 1 unspecified atom stereocenters. The molecule has 0 aromatic heterocycles. The SMILES string of the molecule is CC1CCC(N(C)C(=O)C2CCCN(S(C)(=O)=O)C2)CC1. The van der Waals surface area contributed by atoms with Gasteiger partial charge in [0.05, 0.1) is 12.2 Å². The average molecular weight is 316 g/mol. The molecule has 1 saturated carbocycles. The molecule has 122 valence electrons. The van der Waals surface area contributed by atoms with E-state index in [0.29, 0.717) is 19.1 Å². The average Bonchev–Trinajstić information content (AvgIpc) is 2.46. The molecule has 6 heteroatoms. The molecule has 2 aliphatic rings. The highest BCUT2D eigenvalue weighted by atomic mass is 32.2. The minimum atomic E-state index is -3.19. The van der Waals surface area contributed by atoms with Gasteiger partial charge in [-0.2, -0.15) is 0 Å². The molecule has 5 nitrogen and oxygen atoms in total. The van der Waals surface area contributed by atoms with E-state index in [2.05, 4.69) is 6.92 Å². The second-order valence-corrected chi connectivity index (χ2v) is 8.81. The van der Waals surface area contributed by atoms with Crippen LogP contribution in [0.25, 0.3) is 0 Å². The van der Waals surface area contributed by atoms with Crippen LogP contribution in [0.5, 0.6) is 0 Å². The molecule has 0 N–H and O–H groups in total. The predicted octanol–water partition coefficient (Wildman–Crippen LogP) is 1.70. The molecule has 1 heterocycles. The molecule has 0 spiro atoms. The molecule has 1 saturated heterocycles. The van der Waals surface area contributed by atoms with Gasteiger partial charge in [-0.15, -0.1) is 0 Å². The maximum Gasteiger partial charge on any atom is 0.227 e. The Morgan fingerprint density at radius 3 is 2.33 bits per heavy atom. The molecule has 2 fully saturated rings. The second kappa shape index (κ2) is 6.65. The van der Waals surface area contributed by atoms with Gasteiger partial charge in [-0.25, -0.2) is 12.7 Å². The van der Waals surface area contributed by atoms with Crippen LogP contribution < -0.4 is 0 Å². The fraction of sp³-hybridized carbons (Fsp3) is 0.933. The number of nitrogens with zero attached hydrogens (tertiary/aromatic N) is 2. The minimum Gasteiger partial charge on any atom is -0.342 e. The van der Waals surface area contributed by atoms with Crippen molar-refractivity contribution in [1.82, 2.24) is 9.21 Å². The van der Waals surface area contributed by atoms with Crippen LogP contribution in [-0.4, -0.2) is 56.0 Å². The Morgan fingerprint density at radius 1 is 1.14 bits per heavy atom. The molecular weight excluding hydrogens is 288 g/mol. The number of rotatable bonds is 3. The summed E-state index contributed by atoms with van der Waals surface area (Å²) in [6.45, 7) is 3.17. The van der Waals surface area contributed by atoms with Crippen molar-refractivity contribution in [1.29, 1.82) is 0 Å². The van der Waals surface area contributed by atoms with Crippen molar-refractivity contribution in [3.05, 3.63) is 0 Å². The fourth-order valence-electron chi connectivity index (χ4n) is 3.54. The van der Waals surface area contributed by atoms with Gasteiger partial charge in [0.15, 0.2) is 0 Å². The number of carbonyl (C=O) groups excluding carboxylic acids is 1. The lowest BCUT2D eigenvalue weighted by Gasteiger charge is -2.38. The predicted molar refractivity (Wildman–Crippen MR) is 83.3 cm³/mol. The third-order valence-corrected chi connectivity index (χ3v) is 6.35.